The highest BCUT2D eigenvalue weighted by atomic mass is 19.3. The third-order valence-corrected chi connectivity index (χ3v) is 8.28. The van der Waals surface area contributed by atoms with E-state index in [1.807, 2.05) is 0 Å². The normalized spacial score (nSPS) is 19.4. The minimum absolute atomic E-state index is 0.000845. The molecule has 0 amide bonds. The number of aromatic nitrogens is 2. The number of fused-ring (bicyclic) bond motifs is 2. The van der Waals surface area contributed by atoms with Gasteiger partial charge in [-0.3, -0.25) is 4.90 Å². The first-order valence-corrected chi connectivity index (χ1v) is 14.3. The van der Waals surface area contributed by atoms with Gasteiger partial charge in [0.05, 0.1) is 31.1 Å². The third-order valence-electron chi connectivity index (χ3n) is 8.28. The van der Waals surface area contributed by atoms with Gasteiger partial charge in [0, 0.05) is 29.2 Å². The van der Waals surface area contributed by atoms with Crippen molar-refractivity contribution in [2.75, 3.05) is 50.5 Å². The summed E-state index contributed by atoms with van der Waals surface area (Å²) in [6, 6.07) is 7.62. The summed E-state index contributed by atoms with van der Waals surface area (Å²) < 4.78 is 80.8. The number of alkyl halides is 3. The van der Waals surface area contributed by atoms with Crippen molar-refractivity contribution < 1.29 is 31.4 Å². The lowest BCUT2D eigenvalue weighted by molar-refractivity contribution is 0.153. The molecule has 44 heavy (non-hydrogen) atoms. The predicted octanol–water partition coefficient (Wildman–Crippen LogP) is 5.96. The number of rotatable bonds is 4. The molecule has 0 spiro atoms. The molecule has 3 aliphatic rings. The van der Waals surface area contributed by atoms with Crippen molar-refractivity contribution >= 4 is 33.2 Å². The Hall–Kier alpha value is -4.37. The number of hydrogen-bond donors (Lipinski definition) is 1. The number of nitrogen functional groups attached to an aromatic ring is 1. The van der Waals surface area contributed by atoms with Gasteiger partial charge in [-0.1, -0.05) is 12.0 Å². The van der Waals surface area contributed by atoms with E-state index in [1.165, 1.54) is 49.1 Å². The second-order valence-corrected chi connectivity index (χ2v) is 11.0. The lowest BCUT2D eigenvalue weighted by Crippen LogP contribution is -2.32. The molecule has 2 unspecified atom stereocenters. The summed E-state index contributed by atoms with van der Waals surface area (Å²) in [6.45, 7) is 1.34. The van der Waals surface area contributed by atoms with Crippen molar-refractivity contribution in [3.8, 4) is 35.2 Å². The van der Waals surface area contributed by atoms with Crippen molar-refractivity contribution in [3.63, 3.8) is 0 Å². The Labute approximate surface area is 250 Å². The topological polar surface area (TPSA) is 76.7 Å². The first-order chi connectivity index (χ1) is 21.2. The fourth-order valence-corrected chi connectivity index (χ4v) is 6.40. The fourth-order valence-electron chi connectivity index (χ4n) is 6.40. The largest absolute Gasteiger partial charge is 0.491 e. The van der Waals surface area contributed by atoms with E-state index in [9.17, 15) is 17.6 Å². The van der Waals surface area contributed by atoms with E-state index in [1.54, 1.807) is 6.07 Å². The smallest absolute Gasteiger partial charge is 0.318 e. The molecule has 2 saturated heterocycles. The number of methoxy groups -OCH3 is 1. The molecular formula is C32H30F5N5O2. The van der Waals surface area contributed by atoms with E-state index in [0.717, 1.165) is 13.0 Å². The molecule has 1 aromatic heterocycles. The molecule has 0 radical (unpaired) electrons. The molecule has 3 aromatic carbocycles. The van der Waals surface area contributed by atoms with Crippen LogP contribution >= 0.6 is 0 Å². The van der Waals surface area contributed by atoms with Crippen molar-refractivity contribution in [3.05, 3.63) is 47.5 Å². The molecule has 12 heteroatoms. The first-order valence-electron chi connectivity index (χ1n) is 14.3. The summed E-state index contributed by atoms with van der Waals surface area (Å²) in [5.41, 5.74) is 6.37. The van der Waals surface area contributed by atoms with Gasteiger partial charge in [-0.05, 0) is 61.0 Å². The van der Waals surface area contributed by atoms with Crippen LogP contribution in [0.3, 0.4) is 0 Å². The number of benzene rings is 3. The van der Waals surface area contributed by atoms with Gasteiger partial charge in [0.15, 0.2) is 5.82 Å². The Morgan fingerprint density at radius 3 is 2.68 bits per heavy atom. The summed E-state index contributed by atoms with van der Waals surface area (Å²) in [5.74, 6) is 1.13. The van der Waals surface area contributed by atoms with Crippen LogP contribution in [-0.4, -0.2) is 73.4 Å². The highest BCUT2D eigenvalue weighted by Crippen LogP contribution is 2.44. The first kappa shape index (κ1) is 29.7. The van der Waals surface area contributed by atoms with Crippen molar-refractivity contribution in [2.24, 2.45) is 0 Å². The molecule has 2 N–H and O–H groups in total. The van der Waals surface area contributed by atoms with Crippen molar-refractivity contribution in [2.45, 2.75) is 37.9 Å². The van der Waals surface area contributed by atoms with Gasteiger partial charge in [0.2, 0.25) is 0 Å². The Morgan fingerprint density at radius 1 is 1.14 bits per heavy atom. The van der Waals surface area contributed by atoms with Gasteiger partial charge in [0.1, 0.15) is 35.7 Å². The Kier molecular flexibility index (Phi) is 8.07. The zero-order valence-corrected chi connectivity index (χ0v) is 23.9. The number of halogens is 5. The van der Waals surface area contributed by atoms with E-state index in [0.29, 0.717) is 29.0 Å². The SMILES string of the molecule is C#Cc1c(F)ccc2cc(N)cc(-c3cc4c5c(nc(OC)nc5c3F)N(CC(F)F)CCO4)c12.FC1CC2CCCN2C1. The van der Waals surface area contributed by atoms with Crippen LogP contribution in [0.5, 0.6) is 11.8 Å². The molecule has 7 nitrogen and oxygen atoms in total. The average molecular weight is 612 g/mol. The second-order valence-electron chi connectivity index (χ2n) is 11.0. The number of anilines is 2. The summed E-state index contributed by atoms with van der Waals surface area (Å²) >= 11 is 0. The van der Waals surface area contributed by atoms with Crippen molar-refractivity contribution in [1.82, 2.24) is 14.9 Å². The van der Waals surface area contributed by atoms with Gasteiger partial charge in [0.25, 0.3) is 6.43 Å². The van der Waals surface area contributed by atoms with Gasteiger partial charge >= 0.3 is 6.01 Å². The van der Waals surface area contributed by atoms with Crippen LogP contribution in [0.25, 0.3) is 32.8 Å². The Morgan fingerprint density at radius 2 is 1.95 bits per heavy atom. The molecule has 0 saturated carbocycles. The quantitative estimate of drug-likeness (QED) is 0.174. The zero-order chi connectivity index (χ0) is 31.1. The van der Waals surface area contributed by atoms with Gasteiger partial charge < -0.3 is 20.1 Å². The Balaban J connectivity index is 0.000000323. The monoisotopic (exact) mass is 611 g/mol. The van der Waals surface area contributed by atoms with Crippen molar-refractivity contribution in [1.29, 1.82) is 0 Å². The molecule has 4 aromatic rings. The summed E-state index contributed by atoms with van der Waals surface area (Å²) in [5, 5.41) is 0.938. The Bertz CT molecular complexity index is 1770. The number of nitrogens with two attached hydrogens (primary N) is 1. The molecule has 0 bridgehead atoms. The van der Waals surface area contributed by atoms with Crippen LogP contribution in [0.2, 0.25) is 0 Å². The average Bonchev–Trinajstić information content (AvgIpc) is 3.53. The molecule has 0 aliphatic carbocycles. The standard InChI is InChI=1S/C25H18F4N4O2.C7H12FN/c1-3-14-17(26)5-4-12-8-13(30)9-15(20(12)14)16-10-18-21-23(22(16)29)31-25(34-2)32-24(21)33(6-7-35-18)11-19(27)28;8-6-4-7-2-1-3-9(7)5-6/h1,4-5,8-10,19H,6-7,11,30H2,2H3;6-7H,1-5H2. The van der Waals surface area contributed by atoms with E-state index in [4.69, 9.17) is 21.6 Å². The van der Waals surface area contributed by atoms with Crippen LogP contribution in [0.15, 0.2) is 30.3 Å². The second kappa shape index (κ2) is 12.0. The molecule has 3 aliphatic heterocycles. The van der Waals surface area contributed by atoms with Crippen LogP contribution < -0.4 is 20.1 Å². The van der Waals surface area contributed by atoms with E-state index in [2.05, 4.69) is 20.8 Å². The number of ether oxygens (including phenoxy) is 2. The lowest BCUT2D eigenvalue weighted by atomic mass is 9.92. The molecular weight excluding hydrogens is 581 g/mol. The molecule has 2 atom stereocenters. The van der Waals surface area contributed by atoms with Gasteiger partial charge in [-0.25, -0.2) is 22.0 Å². The lowest BCUT2D eigenvalue weighted by Gasteiger charge is -2.22. The number of hydrogen-bond acceptors (Lipinski definition) is 7. The highest BCUT2D eigenvalue weighted by molar-refractivity contribution is 6.06. The van der Waals surface area contributed by atoms with E-state index >= 15 is 4.39 Å². The summed E-state index contributed by atoms with van der Waals surface area (Å²) in [7, 11) is 1.29. The molecule has 7 rings (SSSR count). The highest BCUT2D eigenvalue weighted by Gasteiger charge is 2.35. The number of terminal acetylenes is 1. The van der Waals surface area contributed by atoms with Gasteiger partial charge in [-0.15, -0.1) is 6.42 Å². The zero-order valence-electron chi connectivity index (χ0n) is 23.9. The summed E-state index contributed by atoms with van der Waals surface area (Å²) in [6.07, 6.45) is 5.74. The maximum Gasteiger partial charge on any atom is 0.318 e. The summed E-state index contributed by atoms with van der Waals surface area (Å²) in [4.78, 5) is 11.9. The van der Waals surface area contributed by atoms with Gasteiger partial charge in [-0.2, -0.15) is 9.97 Å². The van der Waals surface area contributed by atoms with E-state index < -0.39 is 30.8 Å². The maximum atomic E-state index is 16.2. The predicted molar refractivity (Wildman–Crippen MR) is 159 cm³/mol. The maximum absolute atomic E-state index is 16.2. The minimum Gasteiger partial charge on any atom is -0.491 e. The van der Waals surface area contributed by atoms with Crippen LogP contribution in [-0.2, 0) is 0 Å². The van der Waals surface area contributed by atoms with Crippen LogP contribution in [0.4, 0.5) is 33.5 Å². The molecule has 4 heterocycles. The minimum atomic E-state index is -2.66. The molecule has 2 fully saturated rings. The third kappa shape index (κ3) is 5.41. The van der Waals surface area contributed by atoms with Crippen LogP contribution in [0.1, 0.15) is 24.8 Å². The molecule has 230 valence electrons. The van der Waals surface area contributed by atoms with E-state index in [-0.39, 0.29) is 58.3 Å². The van der Waals surface area contributed by atoms with Crippen LogP contribution in [0, 0.1) is 24.0 Å². The fraction of sp³-hybridized carbons (Fsp3) is 0.375. The number of nitrogens with zero attached hydrogens (tertiary/aromatic N) is 4.